The van der Waals surface area contributed by atoms with Gasteiger partial charge in [0.15, 0.2) is 0 Å². The van der Waals surface area contributed by atoms with E-state index >= 15 is 0 Å². The molecule has 0 unspecified atom stereocenters. The van der Waals surface area contributed by atoms with Gasteiger partial charge in [0.05, 0.1) is 17.2 Å². The fourth-order valence-electron chi connectivity index (χ4n) is 1.51. The molecule has 0 fully saturated rings. The van der Waals surface area contributed by atoms with E-state index < -0.39 is 6.09 Å². The summed E-state index contributed by atoms with van der Waals surface area (Å²) in [5.74, 6) is 0. The second kappa shape index (κ2) is 5.64. The van der Waals surface area contributed by atoms with Crippen LogP contribution in [0.5, 0.6) is 0 Å². The fraction of sp³-hybridized carbons (Fsp3) is 0.231. The van der Waals surface area contributed by atoms with E-state index in [1.54, 1.807) is 18.3 Å². The van der Waals surface area contributed by atoms with Crippen molar-refractivity contribution in [1.29, 1.82) is 0 Å². The van der Waals surface area contributed by atoms with Gasteiger partial charge in [-0.2, -0.15) is 5.10 Å². The SMILES string of the molecule is CCOC(=O)N/N=C(\C)c1cc2ccccc2s1. The molecular weight excluding hydrogens is 248 g/mol. The number of amides is 1. The van der Waals surface area contributed by atoms with Crippen molar-refractivity contribution in [1.82, 2.24) is 5.43 Å². The van der Waals surface area contributed by atoms with Crippen molar-refractivity contribution in [2.24, 2.45) is 5.10 Å². The summed E-state index contributed by atoms with van der Waals surface area (Å²) in [6.45, 7) is 3.95. The molecule has 1 heterocycles. The molecule has 2 aromatic rings. The first-order valence-electron chi connectivity index (χ1n) is 5.66. The van der Waals surface area contributed by atoms with E-state index in [1.165, 1.54) is 10.1 Å². The number of fused-ring (bicyclic) bond motifs is 1. The van der Waals surface area contributed by atoms with Crippen LogP contribution in [0, 0.1) is 0 Å². The molecule has 0 radical (unpaired) electrons. The van der Waals surface area contributed by atoms with Gasteiger partial charge in [0.25, 0.3) is 0 Å². The Kier molecular flexibility index (Phi) is 3.94. The van der Waals surface area contributed by atoms with E-state index in [4.69, 9.17) is 4.74 Å². The molecular formula is C13H14N2O2S. The van der Waals surface area contributed by atoms with Crippen LogP contribution in [0.4, 0.5) is 4.79 Å². The highest BCUT2D eigenvalue weighted by Gasteiger charge is 2.05. The van der Waals surface area contributed by atoms with Gasteiger partial charge in [-0.1, -0.05) is 18.2 Å². The minimum atomic E-state index is -0.530. The third-order valence-electron chi connectivity index (χ3n) is 2.37. The predicted molar refractivity (Wildman–Crippen MR) is 74.2 cm³/mol. The molecule has 0 aliphatic rings. The molecule has 0 aliphatic heterocycles. The number of hydrazone groups is 1. The Balaban J connectivity index is 2.15. The highest BCUT2D eigenvalue weighted by molar-refractivity contribution is 7.20. The van der Waals surface area contributed by atoms with Crippen LogP contribution in [-0.2, 0) is 4.74 Å². The lowest BCUT2D eigenvalue weighted by Gasteiger charge is -2.00. The Morgan fingerprint density at radius 2 is 2.22 bits per heavy atom. The Morgan fingerprint density at radius 3 is 2.94 bits per heavy atom. The van der Waals surface area contributed by atoms with Gasteiger partial charge < -0.3 is 4.74 Å². The molecule has 1 aromatic heterocycles. The standard InChI is InChI=1S/C13H14N2O2S/c1-3-17-13(16)15-14-9(2)12-8-10-6-4-5-7-11(10)18-12/h4-8H,3H2,1-2H3,(H,15,16)/b14-9+. The van der Waals surface area contributed by atoms with E-state index in [1.807, 2.05) is 19.1 Å². The van der Waals surface area contributed by atoms with Gasteiger partial charge in [-0.15, -0.1) is 11.3 Å². The zero-order valence-corrected chi connectivity index (χ0v) is 11.1. The van der Waals surface area contributed by atoms with Gasteiger partial charge in [-0.3, -0.25) is 0 Å². The number of hydrogen-bond donors (Lipinski definition) is 1. The number of nitrogens with one attached hydrogen (secondary N) is 1. The number of carbonyl (C=O) groups excluding carboxylic acids is 1. The second-order valence-electron chi connectivity index (χ2n) is 3.68. The molecule has 0 atom stereocenters. The summed E-state index contributed by atoms with van der Waals surface area (Å²) < 4.78 is 5.94. The van der Waals surface area contributed by atoms with E-state index in [-0.39, 0.29) is 0 Å². The molecule has 1 amide bonds. The van der Waals surface area contributed by atoms with Crippen LogP contribution in [-0.4, -0.2) is 18.4 Å². The number of ether oxygens (including phenoxy) is 1. The fourth-order valence-corrected chi connectivity index (χ4v) is 2.52. The highest BCUT2D eigenvalue weighted by Crippen LogP contribution is 2.25. The number of hydrogen-bond acceptors (Lipinski definition) is 4. The molecule has 1 N–H and O–H groups in total. The maximum absolute atomic E-state index is 11.1. The first-order valence-corrected chi connectivity index (χ1v) is 6.48. The topological polar surface area (TPSA) is 50.7 Å². The predicted octanol–water partition coefficient (Wildman–Crippen LogP) is 3.37. The summed E-state index contributed by atoms with van der Waals surface area (Å²) in [6.07, 6.45) is -0.530. The van der Waals surface area contributed by atoms with Gasteiger partial charge in [0, 0.05) is 4.70 Å². The molecule has 2 rings (SSSR count). The zero-order chi connectivity index (χ0) is 13.0. The summed E-state index contributed by atoms with van der Waals surface area (Å²) in [7, 11) is 0. The molecule has 0 spiro atoms. The van der Waals surface area contributed by atoms with Crippen molar-refractivity contribution >= 4 is 33.2 Å². The van der Waals surface area contributed by atoms with Crippen molar-refractivity contribution in [2.75, 3.05) is 6.61 Å². The van der Waals surface area contributed by atoms with E-state index in [2.05, 4.69) is 28.7 Å². The van der Waals surface area contributed by atoms with E-state index in [0.29, 0.717) is 6.61 Å². The third-order valence-corrected chi connectivity index (χ3v) is 3.60. The van der Waals surface area contributed by atoms with Crippen LogP contribution >= 0.6 is 11.3 Å². The molecule has 0 saturated heterocycles. The Hall–Kier alpha value is -1.88. The number of nitrogens with zero attached hydrogens (tertiary/aromatic N) is 1. The minimum absolute atomic E-state index is 0.337. The van der Waals surface area contributed by atoms with Crippen LogP contribution in [0.25, 0.3) is 10.1 Å². The summed E-state index contributed by atoms with van der Waals surface area (Å²) in [5, 5.41) is 5.19. The molecule has 4 nitrogen and oxygen atoms in total. The lowest BCUT2D eigenvalue weighted by molar-refractivity contribution is 0.152. The normalized spacial score (nSPS) is 11.6. The Bertz CT molecular complexity index is 556. The van der Waals surface area contributed by atoms with Crippen LogP contribution in [0.2, 0.25) is 0 Å². The van der Waals surface area contributed by atoms with Crippen molar-refractivity contribution < 1.29 is 9.53 Å². The maximum atomic E-state index is 11.1. The van der Waals surface area contributed by atoms with Gasteiger partial charge in [-0.25, -0.2) is 10.2 Å². The maximum Gasteiger partial charge on any atom is 0.427 e. The van der Waals surface area contributed by atoms with Crippen LogP contribution in [0.15, 0.2) is 35.4 Å². The number of carbonyl (C=O) groups is 1. The summed E-state index contributed by atoms with van der Waals surface area (Å²) in [4.78, 5) is 12.1. The molecule has 5 heteroatoms. The molecule has 0 aliphatic carbocycles. The van der Waals surface area contributed by atoms with Crippen LogP contribution < -0.4 is 5.43 Å². The first kappa shape index (κ1) is 12.6. The molecule has 0 saturated carbocycles. The minimum Gasteiger partial charge on any atom is -0.449 e. The lowest BCUT2D eigenvalue weighted by atomic mass is 10.2. The number of thiophene rings is 1. The second-order valence-corrected chi connectivity index (χ2v) is 4.76. The van der Waals surface area contributed by atoms with Gasteiger partial charge in [0.1, 0.15) is 0 Å². The molecule has 18 heavy (non-hydrogen) atoms. The van der Waals surface area contributed by atoms with E-state index in [0.717, 1.165) is 10.6 Å². The number of rotatable bonds is 3. The van der Waals surface area contributed by atoms with Gasteiger partial charge >= 0.3 is 6.09 Å². The lowest BCUT2D eigenvalue weighted by Crippen LogP contribution is -2.20. The van der Waals surface area contributed by atoms with Crippen molar-refractivity contribution in [3.8, 4) is 0 Å². The quantitative estimate of drug-likeness (QED) is 0.681. The smallest absolute Gasteiger partial charge is 0.427 e. The number of benzene rings is 1. The monoisotopic (exact) mass is 262 g/mol. The van der Waals surface area contributed by atoms with Crippen molar-refractivity contribution in [3.05, 3.63) is 35.2 Å². The summed E-state index contributed by atoms with van der Waals surface area (Å²) in [6, 6.07) is 10.2. The molecule has 1 aromatic carbocycles. The summed E-state index contributed by atoms with van der Waals surface area (Å²) in [5.41, 5.74) is 3.13. The average molecular weight is 262 g/mol. The van der Waals surface area contributed by atoms with Crippen LogP contribution in [0.3, 0.4) is 0 Å². The van der Waals surface area contributed by atoms with E-state index in [9.17, 15) is 4.79 Å². The van der Waals surface area contributed by atoms with Gasteiger partial charge in [0.2, 0.25) is 0 Å². The van der Waals surface area contributed by atoms with Crippen LogP contribution in [0.1, 0.15) is 18.7 Å². The van der Waals surface area contributed by atoms with Gasteiger partial charge in [-0.05, 0) is 31.4 Å². The van der Waals surface area contributed by atoms with Crippen molar-refractivity contribution in [2.45, 2.75) is 13.8 Å². The third kappa shape index (κ3) is 2.87. The molecule has 94 valence electrons. The highest BCUT2D eigenvalue weighted by atomic mass is 32.1. The van der Waals surface area contributed by atoms with Crippen molar-refractivity contribution in [3.63, 3.8) is 0 Å². The average Bonchev–Trinajstić information content (AvgIpc) is 2.80. The Labute approximate surface area is 109 Å². The molecule has 0 bridgehead atoms. The Morgan fingerprint density at radius 1 is 1.44 bits per heavy atom. The largest absolute Gasteiger partial charge is 0.449 e. The first-order chi connectivity index (χ1) is 8.70. The summed E-state index contributed by atoms with van der Waals surface area (Å²) >= 11 is 1.65. The zero-order valence-electron chi connectivity index (χ0n) is 10.3.